The van der Waals surface area contributed by atoms with Crippen LogP contribution in [0.25, 0.3) is 0 Å². The molecular formula is C24H26ClN3O3. The molecule has 3 amide bonds. The Morgan fingerprint density at radius 2 is 1.77 bits per heavy atom. The van der Waals surface area contributed by atoms with Crippen LogP contribution >= 0.6 is 11.6 Å². The first kappa shape index (κ1) is 22.4. The van der Waals surface area contributed by atoms with E-state index in [4.69, 9.17) is 16.0 Å². The minimum absolute atomic E-state index is 0.0339. The molecule has 1 N–H and O–H groups in total. The summed E-state index contributed by atoms with van der Waals surface area (Å²) in [4.78, 5) is 29.3. The molecule has 0 bridgehead atoms. The van der Waals surface area contributed by atoms with Gasteiger partial charge in [0.2, 0.25) is 5.91 Å². The molecule has 0 radical (unpaired) electrons. The summed E-state index contributed by atoms with van der Waals surface area (Å²) in [5.41, 5.74) is 1.59. The Morgan fingerprint density at radius 1 is 0.968 bits per heavy atom. The summed E-state index contributed by atoms with van der Waals surface area (Å²) in [6.07, 6.45) is 2.31. The van der Waals surface area contributed by atoms with Gasteiger partial charge in [0.1, 0.15) is 12.3 Å². The lowest BCUT2D eigenvalue weighted by Crippen LogP contribution is -2.44. The van der Waals surface area contributed by atoms with E-state index in [1.54, 1.807) is 41.5 Å². The maximum absolute atomic E-state index is 13.2. The van der Waals surface area contributed by atoms with E-state index in [9.17, 15) is 9.59 Å². The Labute approximate surface area is 187 Å². The number of furan rings is 1. The number of hydrogen-bond donors (Lipinski definition) is 1. The number of benzene rings is 2. The summed E-state index contributed by atoms with van der Waals surface area (Å²) in [7, 11) is 0. The van der Waals surface area contributed by atoms with Crippen LogP contribution in [0.5, 0.6) is 0 Å². The van der Waals surface area contributed by atoms with Crippen molar-refractivity contribution >= 4 is 29.2 Å². The van der Waals surface area contributed by atoms with Crippen LogP contribution in [0.4, 0.5) is 10.5 Å². The minimum Gasteiger partial charge on any atom is -0.467 e. The van der Waals surface area contributed by atoms with Gasteiger partial charge in [0, 0.05) is 23.8 Å². The molecule has 162 valence electrons. The van der Waals surface area contributed by atoms with E-state index in [0.717, 1.165) is 12.0 Å². The minimum atomic E-state index is -0.338. The normalized spacial score (nSPS) is 10.5. The van der Waals surface area contributed by atoms with E-state index in [-0.39, 0.29) is 18.5 Å². The summed E-state index contributed by atoms with van der Waals surface area (Å²) in [6.45, 7) is 3.15. The predicted molar refractivity (Wildman–Crippen MR) is 122 cm³/mol. The van der Waals surface area contributed by atoms with E-state index >= 15 is 0 Å². The van der Waals surface area contributed by atoms with Gasteiger partial charge in [-0.3, -0.25) is 4.79 Å². The molecule has 2 aromatic carbocycles. The van der Waals surface area contributed by atoms with Crippen molar-refractivity contribution in [1.29, 1.82) is 0 Å². The number of amides is 3. The van der Waals surface area contributed by atoms with E-state index < -0.39 is 0 Å². The van der Waals surface area contributed by atoms with Crippen molar-refractivity contribution in [2.45, 2.75) is 26.4 Å². The fourth-order valence-corrected chi connectivity index (χ4v) is 3.37. The van der Waals surface area contributed by atoms with Crippen LogP contribution in [0, 0.1) is 0 Å². The van der Waals surface area contributed by atoms with Crippen molar-refractivity contribution in [3.8, 4) is 0 Å². The molecule has 0 unspecified atom stereocenters. The standard InChI is InChI=1S/C24H26ClN3O3/c1-2-13-27(24(30)26-21-11-6-10-20(25)15-21)18-23(29)28(17-22-12-7-14-31-22)16-19-8-4-3-5-9-19/h3-12,14-15H,2,13,16-18H2,1H3,(H,26,30). The molecule has 0 aliphatic heterocycles. The average molecular weight is 440 g/mol. The Bertz CT molecular complexity index is 977. The van der Waals surface area contributed by atoms with Crippen molar-refractivity contribution < 1.29 is 14.0 Å². The molecule has 1 heterocycles. The fraction of sp³-hybridized carbons (Fsp3) is 0.250. The highest BCUT2D eigenvalue weighted by Crippen LogP contribution is 2.16. The molecule has 0 atom stereocenters. The smallest absolute Gasteiger partial charge is 0.322 e. The van der Waals surface area contributed by atoms with Crippen LogP contribution in [0.3, 0.4) is 0 Å². The van der Waals surface area contributed by atoms with Gasteiger partial charge in [0.05, 0.1) is 12.8 Å². The van der Waals surface area contributed by atoms with Crippen LogP contribution in [0.15, 0.2) is 77.4 Å². The van der Waals surface area contributed by atoms with Crippen LogP contribution in [-0.2, 0) is 17.9 Å². The van der Waals surface area contributed by atoms with Gasteiger partial charge in [-0.25, -0.2) is 4.79 Å². The summed E-state index contributed by atoms with van der Waals surface area (Å²) < 4.78 is 5.44. The van der Waals surface area contributed by atoms with Gasteiger partial charge in [-0.15, -0.1) is 0 Å². The second-order valence-electron chi connectivity index (χ2n) is 7.18. The first-order valence-electron chi connectivity index (χ1n) is 10.2. The molecule has 0 spiro atoms. The second-order valence-corrected chi connectivity index (χ2v) is 7.61. The zero-order chi connectivity index (χ0) is 22.1. The molecule has 1 aromatic heterocycles. The van der Waals surface area contributed by atoms with Crippen LogP contribution < -0.4 is 5.32 Å². The molecule has 6 nitrogen and oxygen atoms in total. The molecule has 3 rings (SSSR count). The number of nitrogens with zero attached hydrogens (tertiary/aromatic N) is 2. The van der Waals surface area contributed by atoms with E-state index in [1.165, 1.54) is 4.90 Å². The third kappa shape index (κ3) is 6.89. The van der Waals surface area contributed by atoms with Crippen LogP contribution in [0.2, 0.25) is 5.02 Å². The first-order chi connectivity index (χ1) is 15.0. The van der Waals surface area contributed by atoms with Crippen molar-refractivity contribution in [2.24, 2.45) is 0 Å². The largest absolute Gasteiger partial charge is 0.467 e. The van der Waals surface area contributed by atoms with Crippen molar-refractivity contribution in [2.75, 3.05) is 18.4 Å². The number of carbonyl (C=O) groups is 2. The van der Waals surface area contributed by atoms with E-state index in [1.807, 2.05) is 43.3 Å². The Balaban J connectivity index is 1.72. The van der Waals surface area contributed by atoms with Gasteiger partial charge in [0.15, 0.2) is 0 Å². The van der Waals surface area contributed by atoms with Gasteiger partial charge >= 0.3 is 6.03 Å². The summed E-state index contributed by atoms with van der Waals surface area (Å²) in [5, 5.41) is 3.35. The highest BCUT2D eigenvalue weighted by molar-refractivity contribution is 6.30. The SMILES string of the molecule is CCCN(CC(=O)N(Cc1ccccc1)Cc1ccco1)C(=O)Nc1cccc(Cl)c1. The predicted octanol–water partition coefficient (Wildman–Crippen LogP) is 5.41. The summed E-state index contributed by atoms with van der Waals surface area (Å²) in [6, 6.07) is 20.0. The number of halogens is 1. The topological polar surface area (TPSA) is 65.8 Å². The fourth-order valence-electron chi connectivity index (χ4n) is 3.18. The molecule has 0 saturated carbocycles. The number of rotatable bonds is 9. The summed E-state index contributed by atoms with van der Waals surface area (Å²) in [5.74, 6) is 0.532. The zero-order valence-electron chi connectivity index (χ0n) is 17.5. The second kappa shape index (κ2) is 11.2. The first-order valence-corrected chi connectivity index (χ1v) is 10.6. The Kier molecular flexibility index (Phi) is 8.12. The Morgan fingerprint density at radius 3 is 2.45 bits per heavy atom. The lowest BCUT2D eigenvalue weighted by Gasteiger charge is -2.27. The third-order valence-electron chi connectivity index (χ3n) is 4.68. The molecule has 3 aromatic rings. The highest BCUT2D eigenvalue weighted by Gasteiger charge is 2.22. The molecule has 31 heavy (non-hydrogen) atoms. The van der Waals surface area contributed by atoms with Gasteiger partial charge < -0.3 is 19.5 Å². The van der Waals surface area contributed by atoms with Gasteiger partial charge in [-0.1, -0.05) is 54.9 Å². The number of carbonyl (C=O) groups excluding carboxylic acids is 2. The summed E-state index contributed by atoms with van der Waals surface area (Å²) >= 11 is 6.01. The van der Waals surface area contributed by atoms with E-state index in [2.05, 4.69) is 5.32 Å². The zero-order valence-corrected chi connectivity index (χ0v) is 18.2. The van der Waals surface area contributed by atoms with Gasteiger partial charge in [-0.05, 0) is 42.3 Å². The highest BCUT2D eigenvalue weighted by atomic mass is 35.5. The average Bonchev–Trinajstić information content (AvgIpc) is 3.27. The van der Waals surface area contributed by atoms with Gasteiger partial charge in [-0.2, -0.15) is 0 Å². The molecule has 7 heteroatoms. The lowest BCUT2D eigenvalue weighted by molar-refractivity contribution is -0.133. The quantitative estimate of drug-likeness (QED) is 0.485. The van der Waals surface area contributed by atoms with Crippen molar-refractivity contribution in [3.63, 3.8) is 0 Å². The number of hydrogen-bond acceptors (Lipinski definition) is 3. The Hall–Kier alpha value is -3.25. The molecule has 0 aliphatic rings. The van der Waals surface area contributed by atoms with Crippen LogP contribution in [-0.4, -0.2) is 34.8 Å². The van der Waals surface area contributed by atoms with Crippen LogP contribution in [0.1, 0.15) is 24.7 Å². The lowest BCUT2D eigenvalue weighted by atomic mass is 10.2. The molecule has 0 fully saturated rings. The maximum Gasteiger partial charge on any atom is 0.322 e. The molecular weight excluding hydrogens is 414 g/mol. The third-order valence-corrected chi connectivity index (χ3v) is 4.91. The number of nitrogens with one attached hydrogen (secondary N) is 1. The van der Waals surface area contributed by atoms with E-state index in [0.29, 0.717) is 36.1 Å². The maximum atomic E-state index is 13.2. The van der Waals surface area contributed by atoms with Crippen molar-refractivity contribution in [3.05, 3.63) is 89.3 Å². The number of anilines is 1. The number of urea groups is 1. The molecule has 0 aliphatic carbocycles. The molecule has 0 saturated heterocycles. The van der Waals surface area contributed by atoms with Gasteiger partial charge in [0.25, 0.3) is 0 Å². The monoisotopic (exact) mass is 439 g/mol. The van der Waals surface area contributed by atoms with Crippen molar-refractivity contribution in [1.82, 2.24) is 9.80 Å².